The fourth-order valence-corrected chi connectivity index (χ4v) is 2.92. The molecule has 3 aromatic heterocycles. The van der Waals surface area contributed by atoms with Crippen LogP contribution in [0.15, 0.2) is 27.7 Å². The highest BCUT2D eigenvalue weighted by atomic mass is 16.5. The Kier molecular flexibility index (Phi) is 5.18. The van der Waals surface area contributed by atoms with Crippen LogP contribution >= 0.6 is 0 Å². The molecule has 0 aliphatic rings. The van der Waals surface area contributed by atoms with Crippen molar-refractivity contribution >= 4 is 11.6 Å². The Balaban J connectivity index is 1.91. The molecule has 144 valence electrons. The number of aryl methyl sites for hydroxylation is 2. The maximum absolute atomic E-state index is 12.7. The lowest BCUT2D eigenvalue weighted by Crippen LogP contribution is -2.28. The Bertz CT molecular complexity index is 1040. The maximum Gasteiger partial charge on any atom is 0.294 e. The van der Waals surface area contributed by atoms with Gasteiger partial charge in [-0.05, 0) is 33.8 Å². The summed E-state index contributed by atoms with van der Waals surface area (Å²) < 4.78 is 14.1. The van der Waals surface area contributed by atoms with E-state index in [-0.39, 0.29) is 28.9 Å². The summed E-state index contributed by atoms with van der Waals surface area (Å²) in [6.07, 6.45) is 3.44. The molecule has 0 radical (unpaired) electrons. The summed E-state index contributed by atoms with van der Waals surface area (Å²) in [4.78, 5) is 29.2. The van der Waals surface area contributed by atoms with E-state index < -0.39 is 0 Å². The summed E-state index contributed by atoms with van der Waals surface area (Å²) in [6.45, 7) is 8.36. The summed E-state index contributed by atoms with van der Waals surface area (Å²) in [7, 11) is 1.68. The molecule has 0 aliphatic carbocycles. The monoisotopic (exact) mass is 372 g/mol. The van der Waals surface area contributed by atoms with Gasteiger partial charge in [-0.15, -0.1) is 0 Å². The minimum atomic E-state index is -0.343. The number of hydrogen-bond acceptors (Lipinski definition) is 5. The Labute approximate surface area is 156 Å². The number of ether oxygens (including phenoxy) is 1. The highest BCUT2D eigenvalue weighted by Crippen LogP contribution is 2.25. The lowest BCUT2D eigenvalue weighted by molar-refractivity contribution is 0.0745. The number of aromatic nitrogens is 3. The number of nitrogens with zero attached hydrogens (tertiary/aromatic N) is 3. The number of carbonyl (C=O) groups excluding carboxylic acids is 1. The predicted molar refractivity (Wildman–Crippen MR) is 101 cm³/mol. The molecule has 1 N–H and O–H groups in total. The maximum atomic E-state index is 12.7. The van der Waals surface area contributed by atoms with Gasteiger partial charge in [-0.3, -0.25) is 14.0 Å². The third-order valence-electron chi connectivity index (χ3n) is 4.24. The van der Waals surface area contributed by atoms with E-state index >= 15 is 0 Å². The van der Waals surface area contributed by atoms with Crippen LogP contribution in [0.5, 0.6) is 0 Å². The number of fused-ring (bicyclic) bond motifs is 1. The van der Waals surface area contributed by atoms with Crippen LogP contribution in [0.1, 0.15) is 35.9 Å². The van der Waals surface area contributed by atoms with E-state index in [9.17, 15) is 9.59 Å². The summed E-state index contributed by atoms with van der Waals surface area (Å²) in [5.74, 6) is 1.15. The van der Waals surface area contributed by atoms with Gasteiger partial charge in [0.1, 0.15) is 17.2 Å². The van der Waals surface area contributed by atoms with Gasteiger partial charge in [-0.1, -0.05) is 0 Å². The second-order valence-corrected chi connectivity index (χ2v) is 6.74. The molecule has 0 fully saturated rings. The largest absolute Gasteiger partial charge is 0.466 e. The van der Waals surface area contributed by atoms with Crippen LogP contribution < -0.4 is 10.9 Å². The highest BCUT2D eigenvalue weighted by molar-refractivity contribution is 5.92. The van der Waals surface area contributed by atoms with Gasteiger partial charge < -0.3 is 19.0 Å². The summed E-state index contributed by atoms with van der Waals surface area (Å²) in [5.41, 5.74) is 1.63. The van der Waals surface area contributed by atoms with Crippen molar-refractivity contribution in [1.82, 2.24) is 19.3 Å². The van der Waals surface area contributed by atoms with Crippen LogP contribution in [-0.4, -0.2) is 39.1 Å². The first kappa shape index (κ1) is 18.9. The normalized spacial score (nSPS) is 11.5. The number of carbonyl (C=O) groups is 1. The fraction of sp³-hybridized carbons (Fsp3) is 0.421. The molecule has 3 rings (SSSR count). The molecule has 0 saturated carbocycles. The molecule has 0 aliphatic heterocycles. The Morgan fingerprint density at radius 3 is 2.70 bits per heavy atom. The number of imidazole rings is 1. The van der Waals surface area contributed by atoms with E-state index in [4.69, 9.17) is 9.15 Å². The third kappa shape index (κ3) is 3.80. The molecule has 0 unspecified atom stereocenters. The molecule has 3 heterocycles. The smallest absolute Gasteiger partial charge is 0.294 e. The molecule has 0 spiro atoms. The average Bonchev–Trinajstić information content (AvgIpc) is 3.17. The number of nitrogens with one attached hydrogen (secondary N) is 1. The Hall–Kier alpha value is -2.87. The fourth-order valence-electron chi connectivity index (χ4n) is 2.92. The van der Waals surface area contributed by atoms with Crippen LogP contribution in [-0.2, 0) is 11.8 Å². The zero-order valence-corrected chi connectivity index (χ0v) is 16.2. The first-order valence-corrected chi connectivity index (χ1v) is 8.84. The van der Waals surface area contributed by atoms with Crippen LogP contribution in [0.25, 0.3) is 16.9 Å². The quantitative estimate of drug-likeness (QED) is 0.669. The van der Waals surface area contributed by atoms with E-state index in [1.54, 1.807) is 23.8 Å². The molecule has 8 nitrogen and oxygen atoms in total. The van der Waals surface area contributed by atoms with E-state index in [0.717, 1.165) is 17.1 Å². The van der Waals surface area contributed by atoms with Crippen molar-refractivity contribution in [1.29, 1.82) is 0 Å². The van der Waals surface area contributed by atoms with E-state index in [1.807, 2.05) is 33.8 Å². The first-order valence-electron chi connectivity index (χ1n) is 8.84. The van der Waals surface area contributed by atoms with Gasteiger partial charge in [0.25, 0.3) is 11.5 Å². The molecular formula is C19H24N4O4. The van der Waals surface area contributed by atoms with E-state index in [1.165, 1.54) is 4.57 Å². The number of hydrogen-bond donors (Lipinski definition) is 1. The molecule has 0 aromatic carbocycles. The van der Waals surface area contributed by atoms with Gasteiger partial charge in [0.2, 0.25) is 5.65 Å². The van der Waals surface area contributed by atoms with Crippen molar-refractivity contribution in [2.24, 2.45) is 7.05 Å². The molecule has 0 bridgehead atoms. The number of furan rings is 1. The van der Waals surface area contributed by atoms with Gasteiger partial charge in [0.05, 0.1) is 18.4 Å². The molecule has 0 atom stereocenters. The predicted octanol–water partition coefficient (Wildman–Crippen LogP) is 2.06. The Morgan fingerprint density at radius 2 is 2.07 bits per heavy atom. The van der Waals surface area contributed by atoms with Crippen molar-refractivity contribution < 1.29 is 13.9 Å². The first-order chi connectivity index (χ1) is 12.8. The minimum Gasteiger partial charge on any atom is -0.466 e. The molecule has 0 saturated heterocycles. The van der Waals surface area contributed by atoms with Crippen molar-refractivity contribution in [3.05, 3.63) is 46.0 Å². The van der Waals surface area contributed by atoms with Gasteiger partial charge >= 0.3 is 0 Å². The summed E-state index contributed by atoms with van der Waals surface area (Å²) in [6, 6.07) is 1.88. The van der Waals surface area contributed by atoms with Crippen molar-refractivity contribution in [3.8, 4) is 11.3 Å². The van der Waals surface area contributed by atoms with E-state index in [0.29, 0.717) is 18.8 Å². The second kappa shape index (κ2) is 7.40. The lowest BCUT2D eigenvalue weighted by atomic mass is 10.2. The summed E-state index contributed by atoms with van der Waals surface area (Å²) in [5, 5.41) is 2.74. The SMILES string of the molecule is Cc1cc(-c2cn3cc(C(=O)NCCOC(C)C)nc3c(=O)n2C)c(C)o1. The zero-order chi connectivity index (χ0) is 19.7. The van der Waals surface area contributed by atoms with Crippen LogP contribution in [0, 0.1) is 13.8 Å². The minimum absolute atomic E-state index is 0.105. The topological polar surface area (TPSA) is 90.8 Å². The third-order valence-corrected chi connectivity index (χ3v) is 4.24. The molecule has 8 heteroatoms. The lowest BCUT2D eigenvalue weighted by Gasteiger charge is -2.07. The van der Waals surface area contributed by atoms with Crippen molar-refractivity contribution in [3.63, 3.8) is 0 Å². The van der Waals surface area contributed by atoms with Crippen LogP contribution in [0.2, 0.25) is 0 Å². The van der Waals surface area contributed by atoms with Crippen LogP contribution in [0.4, 0.5) is 0 Å². The molecule has 3 aromatic rings. The highest BCUT2D eigenvalue weighted by Gasteiger charge is 2.17. The van der Waals surface area contributed by atoms with Crippen molar-refractivity contribution in [2.75, 3.05) is 13.2 Å². The molecule has 27 heavy (non-hydrogen) atoms. The Morgan fingerprint density at radius 1 is 1.33 bits per heavy atom. The average molecular weight is 372 g/mol. The molecule has 1 amide bonds. The number of amides is 1. The second-order valence-electron chi connectivity index (χ2n) is 6.74. The standard InChI is InChI=1S/C19H24N4O4/c1-11(2)26-7-6-20-18(24)15-9-23-10-16(14-8-12(3)27-13(14)4)22(5)19(25)17(23)21-15/h8-11H,6-7H2,1-5H3,(H,20,24). The van der Waals surface area contributed by atoms with Gasteiger partial charge in [-0.2, -0.15) is 0 Å². The van der Waals surface area contributed by atoms with Crippen molar-refractivity contribution in [2.45, 2.75) is 33.8 Å². The van der Waals surface area contributed by atoms with Gasteiger partial charge in [-0.25, -0.2) is 4.98 Å². The van der Waals surface area contributed by atoms with Crippen LogP contribution in [0.3, 0.4) is 0 Å². The van der Waals surface area contributed by atoms with Gasteiger partial charge in [0.15, 0.2) is 0 Å². The molecular weight excluding hydrogens is 348 g/mol. The number of rotatable bonds is 6. The van der Waals surface area contributed by atoms with E-state index in [2.05, 4.69) is 10.3 Å². The van der Waals surface area contributed by atoms with Gasteiger partial charge in [0, 0.05) is 31.5 Å². The zero-order valence-electron chi connectivity index (χ0n) is 16.2. The summed E-state index contributed by atoms with van der Waals surface area (Å²) >= 11 is 0.